The van der Waals surface area contributed by atoms with Crippen LogP contribution in [0.2, 0.25) is 0 Å². The molecule has 0 aliphatic carbocycles. The number of rotatable bonds is 3. The van der Waals surface area contributed by atoms with E-state index in [0.29, 0.717) is 11.7 Å². The highest BCUT2D eigenvalue weighted by Gasteiger charge is 2.18. The lowest BCUT2D eigenvalue weighted by Gasteiger charge is -2.27. The molecule has 3 heteroatoms. The van der Waals surface area contributed by atoms with Crippen molar-refractivity contribution >= 4 is 0 Å². The number of halogens is 1. The van der Waals surface area contributed by atoms with Gasteiger partial charge in [-0.05, 0) is 42.0 Å². The standard InChI is InChI=1S/C15H14FNO/c16-13-3-7-15(8-4-13)18-14-5-1-11(2-6-14)12-9-17-10-12/h1-8,12,17H,9-10H2. The van der Waals surface area contributed by atoms with Gasteiger partial charge in [-0.1, -0.05) is 12.1 Å². The molecule has 2 nitrogen and oxygen atoms in total. The van der Waals surface area contributed by atoms with Gasteiger partial charge < -0.3 is 10.1 Å². The van der Waals surface area contributed by atoms with Gasteiger partial charge in [-0.3, -0.25) is 0 Å². The van der Waals surface area contributed by atoms with Crippen LogP contribution < -0.4 is 10.1 Å². The van der Waals surface area contributed by atoms with Crippen LogP contribution in [-0.4, -0.2) is 13.1 Å². The van der Waals surface area contributed by atoms with Crippen molar-refractivity contribution in [2.45, 2.75) is 5.92 Å². The topological polar surface area (TPSA) is 21.3 Å². The minimum absolute atomic E-state index is 0.254. The van der Waals surface area contributed by atoms with Gasteiger partial charge in [0.25, 0.3) is 0 Å². The van der Waals surface area contributed by atoms with Gasteiger partial charge in [0.15, 0.2) is 0 Å². The van der Waals surface area contributed by atoms with E-state index in [1.165, 1.54) is 17.7 Å². The Morgan fingerprint density at radius 3 is 1.94 bits per heavy atom. The Hall–Kier alpha value is -1.87. The monoisotopic (exact) mass is 243 g/mol. The van der Waals surface area contributed by atoms with Gasteiger partial charge in [-0.25, -0.2) is 4.39 Å². The summed E-state index contributed by atoms with van der Waals surface area (Å²) in [6.45, 7) is 2.11. The highest BCUT2D eigenvalue weighted by Crippen LogP contribution is 2.25. The van der Waals surface area contributed by atoms with E-state index < -0.39 is 0 Å². The molecular weight excluding hydrogens is 229 g/mol. The smallest absolute Gasteiger partial charge is 0.127 e. The van der Waals surface area contributed by atoms with Crippen LogP contribution >= 0.6 is 0 Å². The zero-order valence-electron chi connectivity index (χ0n) is 9.90. The van der Waals surface area contributed by atoms with Crippen molar-refractivity contribution in [3.8, 4) is 11.5 Å². The summed E-state index contributed by atoms with van der Waals surface area (Å²) < 4.78 is 18.4. The van der Waals surface area contributed by atoms with Gasteiger partial charge in [0.05, 0.1) is 0 Å². The van der Waals surface area contributed by atoms with Crippen LogP contribution in [-0.2, 0) is 0 Å². The molecule has 3 rings (SSSR count). The number of nitrogens with one attached hydrogen (secondary N) is 1. The third-order valence-corrected chi connectivity index (χ3v) is 3.18. The fraction of sp³-hybridized carbons (Fsp3) is 0.200. The van der Waals surface area contributed by atoms with Crippen LogP contribution in [0.25, 0.3) is 0 Å². The molecular formula is C15H14FNO. The van der Waals surface area contributed by atoms with E-state index in [-0.39, 0.29) is 5.82 Å². The fourth-order valence-electron chi connectivity index (χ4n) is 1.97. The molecule has 92 valence electrons. The molecule has 0 bridgehead atoms. The van der Waals surface area contributed by atoms with Crippen molar-refractivity contribution in [3.63, 3.8) is 0 Å². The van der Waals surface area contributed by atoms with Gasteiger partial charge in [0, 0.05) is 19.0 Å². The van der Waals surface area contributed by atoms with Crippen LogP contribution in [0.5, 0.6) is 11.5 Å². The summed E-state index contributed by atoms with van der Waals surface area (Å²) in [5.41, 5.74) is 1.33. The maximum absolute atomic E-state index is 12.8. The average Bonchev–Trinajstić information content (AvgIpc) is 2.32. The van der Waals surface area contributed by atoms with E-state index in [1.54, 1.807) is 12.1 Å². The van der Waals surface area contributed by atoms with Crippen molar-refractivity contribution in [3.05, 3.63) is 59.9 Å². The van der Waals surface area contributed by atoms with Crippen LogP contribution in [0.4, 0.5) is 4.39 Å². The zero-order chi connectivity index (χ0) is 12.4. The SMILES string of the molecule is Fc1ccc(Oc2ccc(C3CNC3)cc2)cc1. The molecule has 2 aromatic rings. The molecule has 1 saturated heterocycles. The normalized spacial score (nSPS) is 15.2. The third-order valence-electron chi connectivity index (χ3n) is 3.18. The first-order valence-corrected chi connectivity index (χ1v) is 6.05. The third kappa shape index (κ3) is 2.36. The van der Waals surface area contributed by atoms with E-state index in [0.717, 1.165) is 18.8 Å². The Kier molecular flexibility index (Phi) is 2.99. The molecule has 0 spiro atoms. The summed E-state index contributed by atoms with van der Waals surface area (Å²) in [7, 11) is 0. The van der Waals surface area contributed by atoms with Gasteiger partial charge in [0.1, 0.15) is 17.3 Å². The quantitative estimate of drug-likeness (QED) is 0.893. The van der Waals surface area contributed by atoms with E-state index in [2.05, 4.69) is 17.4 Å². The summed E-state index contributed by atoms with van der Waals surface area (Å²) >= 11 is 0. The molecule has 0 amide bonds. The molecule has 0 atom stereocenters. The van der Waals surface area contributed by atoms with Crippen molar-refractivity contribution in [1.29, 1.82) is 0 Å². The van der Waals surface area contributed by atoms with Crippen LogP contribution in [0.15, 0.2) is 48.5 Å². The molecule has 1 N–H and O–H groups in total. The van der Waals surface area contributed by atoms with Crippen molar-refractivity contribution in [2.75, 3.05) is 13.1 Å². The largest absolute Gasteiger partial charge is 0.457 e. The van der Waals surface area contributed by atoms with E-state index in [4.69, 9.17) is 4.74 Å². The van der Waals surface area contributed by atoms with Crippen LogP contribution in [0.3, 0.4) is 0 Å². The second-order valence-electron chi connectivity index (χ2n) is 4.48. The number of benzene rings is 2. The minimum Gasteiger partial charge on any atom is -0.457 e. The Morgan fingerprint density at radius 1 is 0.889 bits per heavy atom. The first-order valence-electron chi connectivity index (χ1n) is 6.05. The van der Waals surface area contributed by atoms with Gasteiger partial charge in [-0.2, -0.15) is 0 Å². The van der Waals surface area contributed by atoms with Crippen LogP contribution in [0.1, 0.15) is 11.5 Å². The maximum Gasteiger partial charge on any atom is 0.127 e. The van der Waals surface area contributed by atoms with Gasteiger partial charge >= 0.3 is 0 Å². The van der Waals surface area contributed by atoms with Crippen molar-refractivity contribution in [2.24, 2.45) is 0 Å². The predicted molar refractivity (Wildman–Crippen MR) is 68.5 cm³/mol. The summed E-state index contributed by atoms with van der Waals surface area (Å²) in [6, 6.07) is 14.1. The molecule has 1 aliphatic heterocycles. The second kappa shape index (κ2) is 4.78. The zero-order valence-corrected chi connectivity index (χ0v) is 9.90. The highest BCUT2D eigenvalue weighted by molar-refractivity contribution is 5.35. The average molecular weight is 243 g/mol. The lowest BCUT2D eigenvalue weighted by molar-refractivity contribution is 0.446. The maximum atomic E-state index is 12.8. The first kappa shape index (κ1) is 11.2. The number of ether oxygens (including phenoxy) is 1. The summed E-state index contributed by atoms with van der Waals surface area (Å²) in [4.78, 5) is 0. The van der Waals surface area contributed by atoms with Gasteiger partial charge in [0.2, 0.25) is 0 Å². The minimum atomic E-state index is -0.254. The first-order chi connectivity index (χ1) is 8.81. The molecule has 18 heavy (non-hydrogen) atoms. The lowest BCUT2D eigenvalue weighted by atomic mass is 9.94. The Bertz CT molecular complexity index is 517. The molecule has 2 aromatic carbocycles. The lowest BCUT2D eigenvalue weighted by Crippen LogP contribution is -2.39. The second-order valence-corrected chi connectivity index (χ2v) is 4.48. The van der Waals surface area contributed by atoms with E-state index >= 15 is 0 Å². The Balaban J connectivity index is 1.70. The summed E-state index contributed by atoms with van der Waals surface area (Å²) in [5, 5.41) is 3.25. The fourth-order valence-corrected chi connectivity index (χ4v) is 1.97. The Morgan fingerprint density at radius 2 is 1.44 bits per heavy atom. The van der Waals surface area contributed by atoms with Crippen LogP contribution in [0, 0.1) is 5.82 Å². The number of hydrogen-bond acceptors (Lipinski definition) is 2. The van der Waals surface area contributed by atoms with Gasteiger partial charge in [-0.15, -0.1) is 0 Å². The van der Waals surface area contributed by atoms with E-state index in [1.807, 2.05) is 12.1 Å². The molecule has 0 aromatic heterocycles. The molecule has 0 unspecified atom stereocenters. The highest BCUT2D eigenvalue weighted by atomic mass is 19.1. The molecule has 1 fully saturated rings. The Labute approximate surface area is 105 Å². The molecule has 1 heterocycles. The van der Waals surface area contributed by atoms with Crippen molar-refractivity contribution in [1.82, 2.24) is 5.32 Å². The van der Waals surface area contributed by atoms with Crippen molar-refractivity contribution < 1.29 is 9.13 Å². The molecule has 0 saturated carbocycles. The molecule has 1 aliphatic rings. The predicted octanol–water partition coefficient (Wildman–Crippen LogP) is 3.30. The van der Waals surface area contributed by atoms with E-state index in [9.17, 15) is 4.39 Å². The number of hydrogen-bond donors (Lipinski definition) is 1. The summed E-state index contributed by atoms with van der Waals surface area (Å²) in [6.07, 6.45) is 0. The molecule has 0 radical (unpaired) electrons. The summed E-state index contributed by atoms with van der Waals surface area (Å²) in [5.74, 6) is 1.80.